The third-order valence-corrected chi connectivity index (χ3v) is 8.28. The zero-order chi connectivity index (χ0) is 13.4. The molecule has 16 heavy (non-hydrogen) atoms. The van der Waals surface area contributed by atoms with Gasteiger partial charge in [0, 0.05) is 7.26 Å². The molecule has 0 aromatic rings. The van der Waals surface area contributed by atoms with E-state index < -0.39 is 19.4 Å². The Labute approximate surface area is 95.6 Å². The summed E-state index contributed by atoms with van der Waals surface area (Å²) in [6.07, 6.45) is 0.625. The van der Waals surface area contributed by atoms with Crippen LogP contribution in [0.5, 0.6) is 0 Å². The highest BCUT2D eigenvalue weighted by atomic mass is 31.2. The molecule has 0 amide bonds. The standard InChI is InChI=1S/C8H20P.C2HF3O2/c1-5-9(6-2,7-3)8-4;3-2(4,5)1(6)7/h5-8H2,1-4H3;(H,6,7)/q+1;/p-1. The second kappa shape index (κ2) is 7.88. The van der Waals surface area contributed by atoms with Gasteiger partial charge in [-0.1, -0.05) is 0 Å². The summed E-state index contributed by atoms with van der Waals surface area (Å²) in [7, 11) is -0.420. The van der Waals surface area contributed by atoms with E-state index in [2.05, 4.69) is 27.7 Å². The molecule has 6 heteroatoms. The third-order valence-electron chi connectivity index (χ3n) is 2.91. The lowest BCUT2D eigenvalue weighted by Crippen LogP contribution is -2.37. The van der Waals surface area contributed by atoms with Crippen LogP contribution in [0.1, 0.15) is 27.7 Å². The van der Waals surface area contributed by atoms with Gasteiger partial charge >= 0.3 is 6.18 Å². The number of carboxylic acids is 1. The van der Waals surface area contributed by atoms with Crippen molar-refractivity contribution in [2.75, 3.05) is 24.6 Å². The lowest BCUT2D eigenvalue weighted by Gasteiger charge is -2.20. The van der Waals surface area contributed by atoms with Crippen molar-refractivity contribution >= 4 is 13.2 Å². The van der Waals surface area contributed by atoms with Gasteiger partial charge in [0.25, 0.3) is 0 Å². The maximum atomic E-state index is 10.5. The smallest absolute Gasteiger partial charge is 0.430 e. The summed E-state index contributed by atoms with van der Waals surface area (Å²) in [5, 5.41) is 8.78. The molecule has 0 aromatic carbocycles. The Kier molecular flexibility index (Phi) is 8.90. The van der Waals surface area contributed by atoms with Gasteiger partial charge in [0.1, 0.15) is 5.97 Å². The van der Waals surface area contributed by atoms with Crippen LogP contribution in [0.3, 0.4) is 0 Å². The number of halogens is 3. The van der Waals surface area contributed by atoms with Crippen LogP contribution in [-0.2, 0) is 4.79 Å². The highest BCUT2D eigenvalue weighted by Gasteiger charge is 2.29. The first-order valence-corrected chi connectivity index (χ1v) is 7.85. The molecule has 0 N–H and O–H groups in total. The molecule has 0 atom stereocenters. The third kappa shape index (κ3) is 7.04. The van der Waals surface area contributed by atoms with Crippen molar-refractivity contribution in [2.45, 2.75) is 33.9 Å². The van der Waals surface area contributed by atoms with Gasteiger partial charge in [0.15, 0.2) is 0 Å². The maximum absolute atomic E-state index is 10.5. The number of rotatable bonds is 4. The molecule has 0 aliphatic rings. The second-order valence-electron chi connectivity index (χ2n) is 3.39. The number of hydrogen-bond donors (Lipinski definition) is 0. The zero-order valence-corrected chi connectivity index (χ0v) is 11.1. The molecule has 2 nitrogen and oxygen atoms in total. The molecule has 0 heterocycles. The molecule has 0 spiro atoms. The molecule has 0 saturated heterocycles. The van der Waals surface area contributed by atoms with Gasteiger partial charge in [0.2, 0.25) is 0 Å². The van der Waals surface area contributed by atoms with E-state index in [-0.39, 0.29) is 0 Å². The number of aliphatic carboxylic acids is 1. The number of carbonyl (C=O) groups is 1. The molecule has 0 rings (SSSR count). The predicted molar refractivity (Wildman–Crippen MR) is 60.1 cm³/mol. The molecule has 0 bridgehead atoms. The van der Waals surface area contributed by atoms with Crippen molar-refractivity contribution in [3.8, 4) is 0 Å². The minimum Gasteiger partial charge on any atom is -0.542 e. The van der Waals surface area contributed by atoms with E-state index in [1.807, 2.05) is 0 Å². The van der Waals surface area contributed by atoms with E-state index in [1.54, 1.807) is 0 Å². The Morgan fingerprint density at radius 1 is 1.00 bits per heavy atom. The van der Waals surface area contributed by atoms with Crippen molar-refractivity contribution < 1.29 is 23.1 Å². The molecule has 0 aliphatic carbocycles. The molecule has 98 valence electrons. The van der Waals surface area contributed by atoms with Crippen LogP contribution < -0.4 is 5.11 Å². The molecule has 0 unspecified atom stereocenters. The highest BCUT2D eigenvalue weighted by Crippen LogP contribution is 2.57. The van der Waals surface area contributed by atoms with Crippen LogP contribution in [0.15, 0.2) is 0 Å². The Morgan fingerprint density at radius 2 is 1.19 bits per heavy atom. The Balaban J connectivity index is 0. The van der Waals surface area contributed by atoms with Crippen LogP contribution in [0, 0.1) is 0 Å². The zero-order valence-electron chi connectivity index (χ0n) is 10.2. The van der Waals surface area contributed by atoms with E-state index in [9.17, 15) is 13.2 Å². The molecule has 0 aromatic heterocycles. The van der Waals surface area contributed by atoms with E-state index in [4.69, 9.17) is 9.90 Å². The largest absolute Gasteiger partial charge is 0.542 e. The SMILES string of the molecule is CC[P+](CC)(CC)CC.O=C([O-])C(F)(F)F. The summed E-state index contributed by atoms with van der Waals surface area (Å²) >= 11 is 0. The first-order valence-electron chi connectivity index (χ1n) is 5.32. The number of carbonyl (C=O) groups excluding carboxylic acids is 1. The predicted octanol–water partition coefficient (Wildman–Crippen LogP) is 2.38. The molecule has 0 radical (unpaired) electrons. The quantitative estimate of drug-likeness (QED) is 0.728. The Morgan fingerprint density at radius 3 is 1.19 bits per heavy atom. The van der Waals surface area contributed by atoms with Crippen molar-refractivity contribution in [3.63, 3.8) is 0 Å². The minimum absolute atomic E-state index is 0.420. The van der Waals surface area contributed by atoms with Gasteiger partial charge in [-0.05, 0) is 27.7 Å². The summed E-state index contributed by atoms with van der Waals surface area (Å²) < 4.78 is 31.5. The lowest BCUT2D eigenvalue weighted by atomic mass is 10.7. The van der Waals surface area contributed by atoms with E-state index >= 15 is 0 Å². The Hall–Kier alpha value is -0.310. The average Bonchev–Trinajstić information content (AvgIpc) is 2.21. The second-order valence-corrected chi connectivity index (χ2v) is 8.60. The fourth-order valence-electron chi connectivity index (χ4n) is 1.34. The van der Waals surface area contributed by atoms with Gasteiger partial charge in [-0.25, -0.2) is 0 Å². The molecular formula is C10H20F3O2P. The molecule has 0 fully saturated rings. The maximum Gasteiger partial charge on any atom is 0.430 e. The summed E-state index contributed by atoms with van der Waals surface area (Å²) in [6.45, 7) is 9.41. The fourth-order valence-corrected chi connectivity index (χ4v) is 4.02. The molecule has 0 aliphatic heterocycles. The van der Waals surface area contributed by atoms with Crippen LogP contribution >= 0.6 is 7.26 Å². The van der Waals surface area contributed by atoms with Crippen LogP contribution in [0.2, 0.25) is 0 Å². The van der Waals surface area contributed by atoms with Gasteiger partial charge in [-0.2, -0.15) is 13.2 Å². The van der Waals surface area contributed by atoms with Crippen LogP contribution in [0.4, 0.5) is 13.2 Å². The van der Waals surface area contributed by atoms with Gasteiger partial charge in [0.05, 0.1) is 24.6 Å². The topological polar surface area (TPSA) is 40.1 Å². The van der Waals surface area contributed by atoms with Crippen LogP contribution in [-0.4, -0.2) is 36.8 Å². The van der Waals surface area contributed by atoms with Crippen LogP contribution in [0.25, 0.3) is 0 Å². The van der Waals surface area contributed by atoms with E-state index in [0.29, 0.717) is 0 Å². The lowest BCUT2D eigenvalue weighted by molar-refractivity contribution is -0.344. The van der Waals surface area contributed by atoms with Crippen molar-refractivity contribution in [1.29, 1.82) is 0 Å². The fraction of sp³-hybridized carbons (Fsp3) is 0.900. The van der Waals surface area contributed by atoms with E-state index in [1.165, 1.54) is 24.6 Å². The summed E-state index contributed by atoms with van der Waals surface area (Å²) in [5.74, 6) is -3.01. The van der Waals surface area contributed by atoms with E-state index in [0.717, 1.165) is 0 Å². The number of alkyl halides is 3. The first kappa shape index (κ1) is 18.1. The summed E-state index contributed by atoms with van der Waals surface area (Å²) in [4.78, 5) is 8.78. The van der Waals surface area contributed by atoms with Crippen molar-refractivity contribution in [3.05, 3.63) is 0 Å². The van der Waals surface area contributed by atoms with Crippen molar-refractivity contribution in [2.24, 2.45) is 0 Å². The monoisotopic (exact) mass is 260 g/mol. The highest BCUT2D eigenvalue weighted by molar-refractivity contribution is 7.75. The molecular weight excluding hydrogens is 240 g/mol. The minimum atomic E-state index is -5.19. The normalized spacial score (nSPS) is 11.7. The summed E-state index contributed by atoms with van der Waals surface area (Å²) in [5.41, 5.74) is 0. The van der Waals surface area contributed by atoms with Gasteiger partial charge in [-0.3, -0.25) is 0 Å². The first-order chi connectivity index (χ1) is 7.19. The van der Waals surface area contributed by atoms with Gasteiger partial charge in [-0.15, -0.1) is 0 Å². The van der Waals surface area contributed by atoms with Crippen molar-refractivity contribution in [1.82, 2.24) is 0 Å². The molecule has 0 saturated carbocycles. The van der Waals surface area contributed by atoms with Gasteiger partial charge < -0.3 is 9.90 Å². The summed E-state index contributed by atoms with van der Waals surface area (Å²) in [6, 6.07) is 0. The Bertz CT molecular complexity index is 183. The average molecular weight is 260 g/mol. The number of hydrogen-bond acceptors (Lipinski definition) is 2. The number of carboxylic acid groups (broad SMARTS) is 1.